The summed E-state index contributed by atoms with van der Waals surface area (Å²) in [4.78, 5) is 26.3. The number of methoxy groups -OCH3 is 2. The molecule has 1 heterocycles. The smallest absolute Gasteiger partial charge is 0.338 e. The molecule has 6 heteroatoms. The molecule has 2 rings (SSSR count). The van der Waals surface area contributed by atoms with Crippen molar-refractivity contribution in [3.05, 3.63) is 23.3 Å². The van der Waals surface area contributed by atoms with Gasteiger partial charge in [0.1, 0.15) is 5.75 Å². The maximum atomic E-state index is 12.5. The number of aryl methyl sites for hydroxylation is 1. The Hall–Kier alpha value is -2.08. The van der Waals surface area contributed by atoms with E-state index in [9.17, 15) is 9.59 Å². The van der Waals surface area contributed by atoms with Gasteiger partial charge in [0, 0.05) is 20.3 Å². The number of carbonyl (C=O) groups is 2. The molecule has 1 amide bonds. The van der Waals surface area contributed by atoms with Crippen LogP contribution in [-0.2, 0) is 20.7 Å². The van der Waals surface area contributed by atoms with Crippen molar-refractivity contribution in [3.63, 3.8) is 0 Å². The first-order valence-corrected chi connectivity index (χ1v) is 8.25. The summed E-state index contributed by atoms with van der Waals surface area (Å²) in [6, 6.07) is 3.55. The number of ether oxygens (including phenoxy) is 3. The van der Waals surface area contributed by atoms with Gasteiger partial charge in [-0.1, -0.05) is 6.92 Å². The van der Waals surface area contributed by atoms with Gasteiger partial charge in [0.15, 0.2) is 6.10 Å². The zero-order valence-electron chi connectivity index (χ0n) is 14.8. The van der Waals surface area contributed by atoms with E-state index in [1.54, 1.807) is 25.0 Å². The highest BCUT2D eigenvalue weighted by atomic mass is 16.5. The molecule has 0 aromatic heterocycles. The Morgan fingerprint density at radius 1 is 1.29 bits per heavy atom. The lowest BCUT2D eigenvalue weighted by Gasteiger charge is -2.34. The number of esters is 1. The van der Waals surface area contributed by atoms with Crippen LogP contribution < -0.4 is 9.64 Å². The molecule has 6 nitrogen and oxygen atoms in total. The van der Waals surface area contributed by atoms with E-state index in [-0.39, 0.29) is 5.91 Å². The number of carbonyl (C=O) groups excluding carboxylic acids is 2. The van der Waals surface area contributed by atoms with Gasteiger partial charge in [0.25, 0.3) is 5.91 Å². The van der Waals surface area contributed by atoms with E-state index >= 15 is 0 Å². The first-order valence-electron chi connectivity index (χ1n) is 8.25. The predicted molar refractivity (Wildman–Crippen MR) is 90.7 cm³/mol. The summed E-state index contributed by atoms with van der Waals surface area (Å²) in [5.74, 6) is 0.137. The molecule has 1 aliphatic heterocycles. The molecule has 1 aliphatic rings. The minimum absolute atomic E-state index is 0.0972. The van der Waals surface area contributed by atoms with E-state index in [0.717, 1.165) is 18.4 Å². The number of benzene rings is 1. The number of unbranched alkanes of at least 4 members (excludes halogenated alkanes) is 1. The molecule has 0 spiro atoms. The van der Waals surface area contributed by atoms with Gasteiger partial charge in [-0.15, -0.1) is 0 Å². The van der Waals surface area contributed by atoms with Crippen LogP contribution in [0.1, 0.15) is 42.6 Å². The lowest BCUT2D eigenvalue weighted by atomic mass is 10.0. The molecule has 1 aromatic rings. The highest BCUT2D eigenvalue weighted by molar-refractivity contribution is 6.02. The van der Waals surface area contributed by atoms with Crippen LogP contribution in [-0.4, -0.2) is 45.4 Å². The number of hydrogen-bond donors (Lipinski definition) is 0. The summed E-state index contributed by atoms with van der Waals surface area (Å²) in [6.07, 6.45) is 1.82. The minimum atomic E-state index is -0.534. The average Bonchev–Trinajstić information content (AvgIpc) is 2.59. The third kappa shape index (κ3) is 3.70. The fraction of sp³-hybridized carbons (Fsp3) is 0.556. The molecule has 1 aromatic carbocycles. The van der Waals surface area contributed by atoms with E-state index in [4.69, 9.17) is 14.2 Å². The van der Waals surface area contributed by atoms with E-state index in [1.807, 2.05) is 13.0 Å². The fourth-order valence-electron chi connectivity index (χ4n) is 2.83. The van der Waals surface area contributed by atoms with Crippen molar-refractivity contribution in [2.75, 3.05) is 32.3 Å². The highest BCUT2D eigenvalue weighted by Crippen LogP contribution is 2.37. The lowest BCUT2D eigenvalue weighted by molar-refractivity contribution is -0.125. The molecular formula is C18H25NO5. The number of hydrogen-bond acceptors (Lipinski definition) is 5. The monoisotopic (exact) mass is 335 g/mol. The van der Waals surface area contributed by atoms with Gasteiger partial charge in [-0.3, -0.25) is 4.79 Å². The highest BCUT2D eigenvalue weighted by Gasteiger charge is 2.32. The maximum Gasteiger partial charge on any atom is 0.338 e. The first-order chi connectivity index (χ1) is 11.5. The van der Waals surface area contributed by atoms with Crippen molar-refractivity contribution < 1.29 is 23.8 Å². The predicted octanol–water partition coefficient (Wildman–Crippen LogP) is 2.58. The molecule has 1 atom stereocenters. The summed E-state index contributed by atoms with van der Waals surface area (Å²) < 4.78 is 15.7. The summed E-state index contributed by atoms with van der Waals surface area (Å²) in [5, 5.41) is 0. The van der Waals surface area contributed by atoms with E-state index < -0.39 is 12.1 Å². The number of nitrogens with zero attached hydrogens (tertiary/aromatic N) is 1. The van der Waals surface area contributed by atoms with Crippen molar-refractivity contribution in [2.24, 2.45) is 0 Å². The Kier molecular flexibility index (Phi) is 6.20. The zero-order chi connectivity index (χ0) is 17.7. The summed E-state index contributed by atoms with van der Waals surface area (Å²) in [6.45, 7) is 4.93. The first kappa shape index (κ1) is 18.3. The Morgan fingerprint density at radius 2 is 2.04 bits per heavy atom. The molecule has 24 heavy (non-hydrogen) atoms. The Bertz CT molecular complexity index is 614. The van der Waals surface area contributed by atoms with Crippen LogP contribution in [0.25, 0.3) is 0 Å². The van der Waals surface area contributed by atoms with Gasteiger partial charge in [-0.2, -0.15) is 0 Å². The molecular weight excluding hydrogens is 310 g/mol. The van der Waals surface area contributed by atoms with Crippen LogP contribution in [0.3, 0.4) is 0 Å². The molecule has 0 fully saturated rings. The summed E-state index contributed by atoms with van der Waals surface area (Å²) >= 11 is 0. The normalized spacial score (nSPS) is 16.6. The van der Waals surface area contributed by atoms with Gasteiger partial charge < -0.3 is 19.1 Å². The van der Waals surface area contributed by atoms with Crippen LogP contribution in [0.5, 0.6) is 5.75 Å². The lowest BCUT2D eigenvalue weighted by Crippen LogP contribution is -2.45. The van der Waals surface area contributed by atoms with Gasteiger partial charge in [-0.05, 0) is 43.9 Å². The van der Waals surface area contributed by atoms with Gasteiger partial charge in [0.2, 0.25) is 0 Å². The van der Waals surface area contributed by atoms with Crippen molar-refractivity contribution in [1.82, 2.24) is 0 Å². The van der Waals surface area contributed by atoms with Gasteiger partial charge >= 0.3 is 5.97 Å². The molecule has 0 aliphatic carbocycles. The van der Waals surface area contributed by atoms with Crippen LogP contribution in [0.4, 0.5) is 5.69 Å². The number of amides is 1. The zero-order valence-corrected chi connectivity index (χ0v) is 14.8. The van der Waals surface area contributed by atoms with Gasteiger partial charge in [0.05, 0.1) is 18.4 Å². The van der Waals surface area contributed by atoms with E-state index in [1.165, 1.54) is 7.11 Å². The number of rotatable bonds is 7. The number of fused-ring (bicyclic) bond motifs is 1. The van der Waals surface area contributed by atoms with Gasteiger partial charge in [-0.25, -0.2) is 4.79 Å². The van der Waals surface area contributed by atoms with Crippen LogP contribution in [0.15, 0.2) is 12.1 Å². The Morgan fingerprint density at radius 3 is 2.67 bits per heavy atom. The van der Waals surface area contributed by atoms with Crippen LogP contribution in [0, 0.1) is 0 Å². The molecule has 0 radical (unpaired) electrons. The van der Waals surface area contributed by atoms with Crippen LogP contribution in [0.2, 0.25) is 0 Å². The third-order valence-electron chi connectivity index (χ3n) is 4.16. The Labute approximate surface area is 142 Å². The summed E-state index contributed by atoms with van der Waals surface area (Å²) in [5.41, 5.74) is 1.96. The van der Waals surface area contributed by atoms with Crippen molar-refractivity contribution in [2.45, 2.75) is 39.2 Å². The molecule has 132 valence electrons. The van der Waals surface area contributed by atoms with E-state index in [0.29, 0.717) is 36.6 Å². The average molecular weight is 335 g/mol. The second kappa shape index (κ2) is 8.15. The fourth-order valence-corrected chi connectivity index (χ4v) is 2.83. The van der Waals surface area contributed by atoms with E-state index in [2.05, 4.69) is 0 Å². The summed E-state index contributed by atoms with van der Waals surface area (Å²) in [7, 11) is 3.01. The van der Waals surface area contributed by atoms with Crippen molar-refractivity contribution in [3.8, 4) is 5.75 Å². The second-order valence-electron chi connectivity index (χ2n) is 5.77. The van der Waals surface area contributed by atoms with Crippen molar-refractivity contribution in [1.29, 1.82) is 0 Å². The maximum absolute atomic E-state index is 12.5. The minimum Gasteiger partial charge on any atom is -0.479 e. The SMILES string of the molecule is CCc1cc2c(cc1C(=O)OC)N(CCCCOC)C(=O)[C@@H](C)O2. The standard InChI is InChI=1S/C18H25NO5/c1-5-13-10-16-15(11-14(13)18(21)23-4)19(8-6-7-9-22-3)17(20)12(2)24-16/h10-12H,5-9H2,1-4H3/t12-/m1/s1. The topological polar surface area (TPSA) is 65.1 Å². The molecule has 0 unspecified atom stereocenters. The largest absolute Gasteiger partial charge is 0.479 e. The molecule has 0 bridgehead atoms. The van der Waals surface area contributed by atoms with Crippen LogP contribution >= 0.6 is 0 Å². The molecule has 0 saturated heterocycles. The molecule has 0 N–H and O–H groups in total. The second-order valence-corrected chi connectivity index (χ2v) is 5.77. The third-order valence-corrected chi connectivity index (χ3v) is 4.16. The molecule has 0 saturated carbocycles. The van der Waals surface area contributed by atoms with Crippen molar-refractivity contribution >= 4 is 17.6 Å². The number of anilines is 1. The quantitative estimate of drug-likeness (QED) is 0.566. The Balaban J connectivity index is 2.37.